The van der Waals surface area contributed by atoms with E-state index in [2.05, 4.69) is 9.71 Å². The lowest BCUT2D eigenvalue weighted by atomic mass is 10.4. The number of nitrogens with zero attached hydrogens (tertiary/aromatic N) is 1. The molecule has 0 atom stereocenters. The Labute approximate surface area is 115 Å². The van der Waals surface area contributed by atoms with Gasteiger partial charge in [-0.25, -0.2) is 18.1 Å². The van der Waals surface area contributed by atoms with Crippen LogP contribution in [0.5, 0.6) is 0 Å². The number of thiophene rings is 1. The van der Waals surface area contributed by atoms with Crippen molar-refractivity contribution in [3.05, 3.63) is 34.2 Å². The van der Waals surface area contributed by atoms with Gasteiger partial charge in [-0.05, 0) is 11.4 Å². The van der Waals surface area contributed by atoms with E-state index in [4.69, 9.17) is 10.2 Å². The van der Waals surface area contributed by atoms with Gasteiger partial charge in [0.05, 0.1) is 17.6 Å². The van der Waals surface area contributed by atoms with Gasteiger partial charge in [0.25, 0.3) is 0 Å². The van der Waals surface area contributed by atoms with E-state index < -0.39 is 10.0 Å². The molecule has 6 nitrogen and oxygen atoms in total. The van der Waals surface area contributed by atoms with Crippen molar-refractivity contribution in [1.82, 2.24) is 9.71 Å². The maximum Gasteiger partial charge on any atom is 0.242 e. The third-order valence-corrected chi connectivity index (χ3v) is 5.10. The van der Waals surface area contributed by atoms with Crippen LogP contribution in [0.4, 0.5) is 0 Å². The van der Waals surface area contributed by atoms with E-state index in [0.29, 0.717) is 10.8 Å². The predicted octanol–water partition coefficient (Wildman–Crippen LogP) is 1.24. The summed E-state index contributed by atoms with van der Waals surface area (Å²) in [6.07, 6.45) is 2.32. The van der Waals surface area contributed by atoms with Crippen LogP contribution >= 0.6 is 11.3 Å². The van der Waals surface area contributed by atoms with Gasteiger partial charge in [0.2, 0.25) is 15.9 Å². The van der Waals surface area contributed by atoms with Crippen LogP contribution in [0.2, 0.25) is 0 Å². The van der Waals surface area contributed by atoms with Crippen LogP contribution in [0.25, 0.3) is 0 Å². The van der Waals surface area contributed by atoms with Crippen LogP contribution in [-0.2, 0) is 29.5 Å². The number of sulfonamides is 1. The Kier molecular flexibility index (Phi) is 4.35. The molecule has 0 aliphatic rings. The van der Waals surface area contributed by atoms with Crippen LogP contribution in [0.15, 0.2) is 27.0 Å². The minimum Gasteiger partial charge on any atom is -0.444 e. The number of hydrogen-bond donors (Lipinski definition) is 2. The average Bonchev–Trinajstić information content (AvgIpc) is 3.05. The molecule has 19 heavy (non-hydrogen) atoms. The van der Waals surface area contributed by atoms with Crippen LogP contribution in [0.3, 0.4) is 0 Å². The van der Waals surface area contributed by atoms with E-state index in [1.165, 1.54) is 11.3 Å². The Morgan fingerprint density at radius 2 is 2.32 bits per heavy atom. The Balaban J connectivity index is 2.09. The number of aryl methyl sites for hydroxylation is 1. The largest absolute Gasteiger partial charge is 0.444 e. The highest BCUT2D eigenvalue weighted by atomic mass is 32.2. The molecule has 104 valence electrons. The minimum atomic E-state index is -3.57. The fourth-order valence-electron chi connectivity index (χ4n) is 1.54. The molecule has 0 aliphatic heterocycles. The molecule has 2 heterocycles. The van der Waals surface area contributed by atoms with Gasteiger partial charge in [-0.15, -0.1) is 11.3 Å². The molecule has 2 rings (SSSR count). The zero-order valence-corrected chi connectivity index (χ0v) is 12.1. The molecule has 0 aliphatic carbocycles. The summed E-state index contributed by atoms with van der Waals surface area (Å²) in [5.41, 5.74) is 5.51. The number of hydrogen-bond acceptors (Lipinski definition) is 6. The van der Waals surface area contributed by atoms with Gasteiger partial charge in [0.15, 0.2) is 0 Å². The second kappa shape index (κ2) is 5.83. The summed E-state index contributed by atoms with van der Waals surface area (Å²) in [7, 11) is -3.57. The first-order valence-corrected chi connectivity index (χ1v) is 8.12. The lowest BCUT2D eigenvalue weighted by Crippen LogP contribution is -2.24. The highest BCUT2D eigenvalue weighted by Gasteiger charge is 2.19. The Bertz CT molecular complexity index is 646. The molecule has 0 saturated heterocycles. The van der Waals surface area contributed by atoms with E-state index in [-0.39, 0.29) is 18.0 Å². The number of nitrogens with two attached hydrogens (primary N) is 1. The Morgan fingerprint density at radius 3 is 2.95 bits per heavy atom. The first-order valence-electron chi connectivity index (χ1n) is 5.76. The summed E-state index contributed by atoms with van der Waals surface area (Å²) in [5, 5.41) is 1.71. The highest BCUT2D eigenvalue weighted by molar-refractivity contribution is 7.89. The molecule has 3 N–H and O–H groups in total. The standard InChI is InChI=1S/C11H15N3O3S2/c1-2-8-6-13-11(17-8)7-14-19(15,16)10-3-4-18-9(10)5-12/h3-4,6,14H,2,5,7,12H2,1H3. The third kappa shape index (κ3) is 3.21. The van der Waals surface area contributed by atoms with Gasteiger partial charge in [-0.1, -0.05) is 6.92 Å². The van der Waals surface area contributed by atoms with E-state index in [0.717, 1.165) is 12.2 Å². The van der Waals surface area contributed by atoms with Gasteiger partial charge in [-0.2, -0.15) is 0 Å². The van der Waals surface area contributed by atoms with Crippen molar-refractivity contribution in [2.75, 3.05) is 0 Å². The summed E-state index contributed by atoms with van der Waals surface area (Å²) >= 11 is 1.32. The lowest BCUT2D eigenvalue weighted by molar-refractivity contribution is 0.452. The Morgan fingerprint density at radius 1 is 1.53 bits per heavy atom. The van der Waals surface area contributed by atoms with Crippen molar-refractivity contribution in [3.63, 3.8) is 0 Å². The second-order valence-electron chi connectivity index (χ2n) is 3.81. The highest BCUT2D eigenvalue weighted by Crippen LogP contribution is 2.21. The molecule has 8 heteroatoms. The number of rotatable bonds is 6. The molecule has 0 aromatic carbocycles. The van der Waals surface area contributed by atoms with Crippen molar-refractivity contribution in [2.45, 2.75) is 31.3 Å². The maximum absolute atomic E-state index is 12.1. The Hall–Kier alpha value is -1.22. The van der Waals surface area contributed by atoms with Crippen molar-refractivity contribution >= 4 is 21.4 Å². The second-order valence-corrected chi connectivity index (χ2v) is 6.55. The van der Waals surface area contributed by atoms with Crippen LogP contribution in [-0.4, -0.2) is 13.4 Å². The summed E-state index contributed by atoms with van der Waals surface area (Å²) < 4.78 is 32.0. The average molecular weight is 301 g/mol. The molecule has 0 bridgehead atoms. The summed E-state index contributed by atoms with van der Waals surface area (Å²) in [5.74, 6) is 1.08. The summed E-state index contributed by atoms with van der Waals surface area (Å²) in [4.78, 5) is 4.86. The lowest BCUT2D eigenvalue weighted by Gasteiger charge is -2.04. The molecule has 0 radical (unpaired) electrons. The van der Waals surface area contributed by atoms with E-state index in [1.54, 1.807) is 17.6 Å². The molecule has 0 unspecified atom stereocenters. The normalized spacial score (nSPS) is 11.9. The topological polar surface area (TPSA) is 98.2 Å². The molecule has 0 fully saturated rings. The summed E-state index contributed by atoms with van der Waals surface area (Å²) in [6, 6.07) is 1.54. The SMILES string of the molecule is CCc1cnc(CNS(=O)(=O)c2ccsc2CN)o1. The fourth-order valence-corrected chi connectivity index (χ4v) is 3.85. The van der Waals surface area contributed by atoms with E-state index >= 15 is 0 Å². The molecular weight excluding hydrogens is 286 g/mol. The maximum atomic E-state index is 12.1. The smallest absolute Gasteiger partial charge is 0.242 e. The van der Waals surface area contributed by atoms with Gasteiger partial charge in [0, 0.05) is 17.8 Å². The van der Waals surface area contributed by atoms with Crippen LogP contribution < -0.4 is 10.5 Å². The van der Waals surface area contributed by atoms with Crippen molar-refractivity contribution in [3.8, 4) is 0 Å². The van der Waals surface area contributed by atoms with Gasteiger partial charge in [0.1, 0.15) is 5.76 Å². The number of aromatic nitrogens is 1. The van der Waals surface area contributed by atoms with Crippen LogP contribution in [0.1, 0.15) is 23.5 Å². The molecule has 0 saturated carbocycles. The van der Waals surface area contributed by atoms with Crippen molar-refractivity contribution < 1.29 is 12.8 Å². The fraction of sp³-hybridized carbons (Fsp3) is 0.364. The zero-order valence-electron chi connectivity index (χ0n) is 10.4. The monoisotopic (exact) mass is 301 g/mol. The zero-order chi connectivity index (χ0) is 13.9. The van der Waals surface area contributed by atoms with Gasteiger partial charge >= 0.3 is 0 Å². The first-order chi connectivity index (χ1) is 9.06. The predicted molar refractivity (Wildman–Crippen MR) is 72.1 cm³/mol. The molecule has 2 aromatic heterocycles. The third-order valence-electron chi connectivity index (χ3n) is 2.54. The minimum absolute atomic E-state index is 0.0300. The molecule has 0 spiro atoms. The van der Waals surface area contributed by atoms with Crippen molar-refractivity contribution in [2.24, 2.45) is 5.73 Å². The van der Waals surface area contributed by atoms with E-state index in [9.17, 15) is 8.42 Å². The van der Waals surface area contributed by atoms with Crippen LogP contribution in [0, 0.1) is 0 Å². The molecule has 0 amide bonds. The number of oxazole rings is 1. The summed E-state index contributed by atoms with van der Waals surface area (Å²) in [6.45, 7) is 2.17. The van der Waals surface area contributed by atoms with Crippen molar-refractivity contribution in [1.29, 1.82) is 0 Å². The number of nitrogens with one attached hydrogen (secondary N) is 1. The molecule has 2 aromatic rings. The quantitative estimate of drug-likeness (QED) is 0.836. The van der Waals surface area contributed by atoms with Gasteiger partial charge < -0.3 is 10.2 Å². The van der Waals surface area contributed by atoms with Gasteiger partial charge in [-0.3, -0.25) is 0 Å². The molecular formula is C11H15N3O3S2. The first kappa shape index (κ1) is 14.2. The van der Waals surface area contributed by atoms with E-state index in [1.807, 2.05) is 6.92 Å².